The summed E-state index contributed by atoms with van der Waals surface area (Å²) in [4.78, 5) is 37.3. The lowest BCUT2D eigenvalue weighted by Crippen LogP contribution is -2.25. The van der Waals surface area contributed by atoms with Gasteiger partial charge in [-0.1, -0.05) is 24.3 Å². The lowest BCUT2D eigenvalue weighted by atomic mass is 9.99. The average Bonchev–Trinajstić information content (AvgIpc) is 2.72. The van der Waals surface area contributed by atoms with Crippen molar-refractivity contribution < 1.29 is 14.3 Å². The molecule has 1 amide bonds. The van der Waals surface area contributed by atoms with E-state index in [1.807, 2.05) is 16.7 Å². The third-order valence-electron chi connectivity index (χ3n) is 5.14. The first-order valence-electron chi connectivity index (χ1n) is 9.78. The molecule has 0 spiro atoms. The number of benzene rings is 2. The number of aryl methyl sites for hydroxylation is 2. The van der Waals surface area contributed by atoms with Crippen LogP contribution in [0.2, 0.25) is 0 Å². The maximum Gasteiger partial charge on any atom is 0.310 e. The van der Waals surface area contributed by atoms with Crippen LogP contribution in [0.15, 0.2) is 53.5 Å². The van der Waals surface area contributed by atoms with Crippen LogP contribution in [0, 0.1) is 0 Å². The highest BCUT2D eigenvalue weighted by Crippen LogP contribution is 2.23. The molecule has 1 N–H and O–H groups in total. The largest absolute Gasteiger partial charge is 0.466 e. The monoisotopic (exact) mass is 390 g/mol. The molecule has 29 heavy (non-hydrogen) atoms. The molecule has 1 aromatic heterocycles. The molecule has 0 fully saturated rings. The van der Waals surface area contributed by atoms with Crippen molar-refractivity contribution in [2.45, 2.75) is 32.7 Å². The van der Waals surface area contributed by atoms with E-state index in [1.54, 1.807) is 43.5 Å². The van der Waals surface area contributed by atoms with Gasteiger partial charge in [0.25, 0.3) is 5.91 Å². The summed E-state index contributed by atoms with van der Waals surface area (Å²) in [5.74, 6) is -0.725. The Morgan fingerprint density at radius 3 is 2.69 bits per heavy atom. The number of hydrogen-bond donors (Lipinski definition) is 1. The van der Waals surface area contributed by atoms with E-state index in [-0.39, 0.29) is 23.4 Å². The molecular formula is C23H22N2O4. The molecule has 148 valence electrons. The van der Waals surface area contributed by atoms with Gasteiger partial charge in [0.15, 0.2) is 0 Å². The number of carbonyl (C=O) groups excluding carboxylic acids is 2. The van der Waals surface area contributed by atoms with Gasteiger partial charge in [0.2, 0.25) is 5.43 Å². The van der Waals surface area contributed by atoms with Crippen molar-refractivity contribution >= 4 is 28.5 Å². The molecule has 0 bridgehead atoms. The van der Waals surface area contributed by atoms with Gasteiger partial charge in [0, 0.05) is 23.8 Å². The van der Waals surface area contributed by atoms with Crippen molar-refractivity contribution in [1.82, 2.24) is 4.57 Å². The molecule has 6 nitrogen and oxygen atoms in total. The molecular weight excluding hydrogens is 368 g/mol. The summed E-state index contributed by atoms with van der Waals surface area (Å²) in [5.41, 5.74) is 3.32. The second-order valence-electron chi connectivity index (χ2n) is 7.11. The summed E-state index contributed by atoms with van der Waals surface area (Å²) in [5, 5.41) is 3.37. The fourth-order valence-electron chi connectivity index (χ4n) is 3.80. The van der Waals surface area contributed by atoms with Crippen molar-refractivity contribution in [1.29, 1.82) is 0 Å². The van der Waals surface area contributed by atoms with Crippen LogP contribution in [0.3, 0.4) is 0 Å². The number of nitrogens with one attached hydrogen (secondary N) is 1. The lowest BCUT2D eigenvalue weighted by Gasteiger charge is -2.20. The number of nitrogens with zero attached hydrogens (tertiary/aromatic N) is 1. The molecule has 0 saturated heterocycles. The maximum absolute atomic E-state index is 12.9. The molecule has 0 aliphatic carbocycles. The Morgan fingerprint density at radius 2 is 1.93 bits per heavy atom. The van der Waals surface area contributed by atoms with Gasteiger partial charge in [-0.05, 0) is 49.1 Å². The number of pyridine rings is 1. The third-order valence-corrected chi connectivity index (χ3v) is 5.14. The predicted molar refractivity (Wildman–Crippen MR) is 111 cm³/mol. The van der Waals surface area contributed by atoms with E-state index in [9.17, 15) is 14.4 Å². The SMILES string of the molecule is CCOC(=O)Cc1ccc(NC(=O)c2cn3c4c(cccc4c2=O)CCC3)cc1. The number of rotatable bonds is 5. The molecule has 1 aliphatic heterocycles. The van der Waals surface area contributed by atoms with Crippen molar-refractivity contribution in [3.05, 3.63) is 75.6 Å². The number of esters is 1. The molecule has 3 aromatic rings. The van der Waals surface area contributed by atoms with Crippen molar-refractivity contribution in [2.75, 3.05) is 11.9 Å². The van der Waals surface area contributed by atoms with Gasteiger partial charge in [0.1, 0.15) is 5.56 Å². The molecule has 2 aromatic carbocycles. The van der Waals surface area contributed by atoms with Crippen molar-refractivity contribution in [3.63, 3.8) is 0 Å². The molecule has 0 saturated carbocycles. The molecule has 4 rings (SSSR count). The van der Waals surface area contributed by atoms with Crippen LogP contribution in [-0.2, 0) is 28.9 Å². The highest BCUT2D eigenvalue weighted by molar-refractivity contribution is 6.06. The minimum Gasteiger partial charge on any atom is -0.466 e. The first-order valence-corrected chi connectivity index (χ1v) is 9.78. The van der Waals surface area contributed by atoms with Crippen molar-refractivity contribution in [2.24, 2.45) is 0 Å². The Morgan fingerprint density at radius 1 is 1.14 bits per heavy atom. The van der Waals surface area contributed by atoms with Crippen LogP contribution >= 0.6 is 0 Å². The molecule has 2 heterocycles. The summed E-state index contributed by atoms with van der Waals surface area (Å²) >= 11 is 0. The molecule has 0 radical (unpaired) electrons. The number of aromatic nitrogens is 1. The summed E-state index contributed by atoms with van der Waals surface area (Å²) in [6, 6.07) is 12.6. The third kappa shape index (κ3) is 3.78. The van der Waals surface area contributed by atoms with Crippen LogP contribution in [0.25, 0.3) is 10.9 Å². The minimum absolute atomic E-state index is 0.132. The van der Waals surface area contributed by atoms with Gasteiger partial charge in [-0.2, -0.15) is 0 Å². The summed E-state index contributed by atoms with van der Waals surface area (Å²) in [6.07, 6.45) is 3.77. The van der Waals surface area contributed by atoms with Crippen LogP contribution in [0.5, 0.6) is 0 Å². The van der Waals surface area contributed by atoms with E-state index in [1.165, 1.54) is 0 Å². The topological polar surface area (TPSA) is 77.4 Å². The maximum atomic E-state index is 12.9. The number of anilines is 1. The van der Waals surface area contributed by atoms with Gasteiger partial charge in [-0.15, -0.1) is 0 Å². The normalized spacial score (nSPS) is 12.6. The highest BCUT2D eigenvalue weighted by atomic mass is 16.5. The molecule has 1 aliphatic rings. The Bertz CT molecular complexity index is 1150. The van der Waals surface area contributed by atoms with E-state index in [0.29, 0.717) is 17.7 Å². The minimum atomic E-state index is -0.435. The average molecular weight is 390 g/mol. The van der Waals surface area contributed by atoms with E-state index >= 15 is 0 Å². The second kappa shape index (κ2) is 7.91. The number of para-hydroxylation sites is 1. The standard InChI is InChI=1S/C23H22N2O4/c1-2-29-20(26)13-15-8-10-17(11-9-15)24-23(28)19-14-25-12-4-6-16-5-3-7-18(21(16)25)22(19)27/h3,5,7-11,14H,2,4,6,12-13H2,1H3,(H,24,28). The molecule has 0 unspecified atom stereocenters. The number of amides is 1. The predicted octanol–water partition coefficient (Wildman–Crippen LogP) is 3.31. The molecule has 6 heteroatoms. The Balaban J connectivity index is 1.58. The number of hydrogen-bond acceptors (Lipinski definition) is 4. The van der Waals surface area contributed by atoms with E-state index in [4.69, 9.17) is 4.74 Å². The van der Waals surface area contributed by atoms with E-state index in [0.717, 1.165) is 36.0 Å². The summed E-state index contributed by atoms with van der Waals surface area (Å²) < 4.78 is 6.94. The number of ether oxygens (including phenoxy) is 1. The van der Waals surface area contributed by atoms with Crippen molar-refractivity contribution in [3.8, 4) is 0 Å². The summed E-state index contributed by atoms with van der Waals surface area (Å²) in [6.45, 7) is 2.90. The second-order valence-corrected chi connectivity index (χ2v) is 7.11. The Hall–Kier alpha value is -3.41. The van der Waals surface area contributed by atoms with Gasteiger partial charge >= 0.3 is 5.97 Å². The van der Waals surface area contributed by atoms with Crippen LogP contribution in [0.4, 0.5) is 5.69 Å². The first kappa shape index (κ1) is 18.9. The van der Waals surface area contributed by atoms with Gasteiger partial charge < -0.3 is 14.6 Å². The van der Waals surface area contributed by atoms with Crippen LogP contribution in [-0.4, -0.2) is 23.1 Å². The van der Waals surface area contributed by atoms with Crippen LogP contribution in [0.1, 0.15) is 34.8 Å². The van der Waals surface area contributed by atoms with Gasteiger partial charge in [-0.25, -0.2) is 0 Å². The fourth-order valence-corrected chi connectivity index (χ4v) is 3.80. The molecule has 0 atom stereocenters. The highest BCUT2D eigenvalue weighted by Gasteiger charge is 2.19. The zero-order valence-electron chi connectivity index (χ0n) is 16.2. The fraction of sp³-hybridized carbons (Fsp3) is 0.261. The Labute approximate surface area is 168 Å². The quantitative estimate of drug-likeness (QED) is 0.678. The number of carbonyl (C=O) groups is 2. The zero-order chi connectivity index (χ0) is 20.4. The zero-order valence-corrected chi connectivity index (χ0v) is 16.2. The van der Waals surface area contributed by atoms with E-state index in [2.05, 4.69) is 5.32 Å². The summed E-state index contributed by atoms with van der Waals surface area (Å²) in [7, 11) is 0. The van der Waals surface area contributed by atoms with E-state index < -0.39 is 5.91 Å². The van der Waals surface area contributed by atoms with Crippen LogP contribution < -0.4 is 10.7 Å². The van der Waals surface area contributed by atoms with Gasteiger partial charge in [0.05, 0.1) is 18.5 Å². The first-order chi connectivity index (χ1) is 14.1. The lowest BCUT2D eigenvalue weighted by molar-refractivity contribution is -0.142. The van der Waals surface area contributed by atoms with Gasteiger partial charge in [-0.3, -0.25) is 14.4 Å². The Kier molecular flexibility index (Phi) is 5.16. The smallest absolute Gasteiger partial charge is 0.310 e.